The van der Waals surface area contributed by atoms with Gasteiger partial charge in [0.05, 0.1) is 10.7 Å². The summed E-state index contributed by atoms with van der Waals surface area (Å²) < 4.78 is 10.1. The summed E-state index contributed by atoms with van der Waals surface area (Å²) in [5.41, 5.74) is 5.58. The van der Waals surface area contributed by atoms with Crippen LogP contribution in [0.15, 0.2) is 134 Å². The topological polar surface area (TPSA) is 16.4 Å². The summed E-state index contributed by atoms with van der Waals surface area (Å²) in [7, 11) is 0. The van der Waals surface area contributed by atoms with Crippen molar-refractivity contribution < 1.29 is 9.30 Å². The summed E-state index contributed by atoms with van der Waals surface area (Å²) in [5.74, 6) is 0.939. The van der Waals surface area contributed by atoms with Gasteiger partial charge in [-0.3, -0.25) is 0 Å². The number of allylic oxidation sites excluding steroid dienone is 6. The molecule has 4 aromatic carbocycles. The van der Waals surface area contributed by atoms with E-state index in [0.29, 0.717) is 6.61 Å². The van der Waals surface area contributed by atoms with E-state index in [1.807, 2.05) is 34.9 Å². The van der Waals surface area contributed by atoms with Crippen molar-refractivity contribution in [1.82, 2.24) is 0 Å². The van der Waals surface area contributed by atoms with E-state index >= 15 is 0 Å². The van der Waals surface area contributed by atoms with E-state index in [1.165, 1.54) is 57.2 Å². The van der Waals surface area contributed by atoms with Crippen LogP contribution in [-0.4, -0.2) is 25.7 Å². The molecule has 1 aromatic heterocycles. The first-order valence-corrected chi connectivity index (χ1v) is 21.0. The molecule has 250 valence electrons. The van der Waals surface area contributed by atoms with Crippen LogP contribution >= 0.6 is 46.6 Å². The lowest BCUT2D eigenvalue weighted by atomic mass is 9.75. The summed E-state index contributed by atoms with van der Waals surface area (Å²) in [6.07, 6.45) is 18.2. The van der Waals surface area contributed by atoms with E-state index in [-0.39, 0.29) is 5.41 Å². The molecular formula is C42H43N2OS4+. The second kappa shape index (κ2) is 14.9. The van der Waals surface area contributed by atoms with Crippen molar-refractivity contribution >= 4 is 79.4 Å². The van der Waals surface area contributed by atoms with Crippen molar-refractivity contribution in [3.63, 3.8) is 0 Å². The van der Waals surface area contributed by atoms with Crippen LogP contribution in [0.2, 0.25) is 0 Å². The highest BCUT2D eigenvalue weighted by Crippen LogP contribution is 2.48. The number of hydrogen-bond acceptors (Lipinski definition) is 6. The fraction of sp³-hybridized carbons (Fsp3) is 0.262. The van der Waals surface area contributed by atoms with Gasteiger partial charge in [-0.25, -0.2) is 0 Å². The van der Waals surface area contributed by atoms with Gasteiger partial charge >= 0.3 is 0 Å². The molecule has 0 unspecified atom stereocenters. The summed E-state index contributed by atoms with van der Waals surface area (Å²) in [5, 5.41) is 4.92. The van der Waals surface area contributed by atoms with Crippen molar-refractivity contribution in [3.05, 3.63) is 124 Å². The smallest absolute Gasteiger partial charge is 0.262 e. The van der Waals surface area contributed by atoms with Crippen molar-refractivity contribution in [2.24, 2.45) is 5.41 Å². The molecule has 49 heavy (non-hydrogen) atoms. The minimum absolute atomic E-state index is 0.199. The summed E-state index contributed by atoms with van der Waals surface area (Å²) in [4.78, 5) is 6.41. The molecule has 0 fully saturated rings. The van der Waals surface area contributed by atoms with Crippen LogP contribution in [-0.2, 0) is 6.54 Å². The van der Waals surface area contributed by atoms with E-state index in [0.717, 1.165) is 37.1 Å². The molecule has 0 radical (unpaired) electrons. The molecule has 0 saturated carbocycles. The molecule has 5 aromatic rings. The Morgan fingerprint density at radius 2 is 1.73 bits per heavy atom. The lowest BCUT2D eigenvalue weighted by molar-refractivity contribution is -0.669. The van der Waals surface area contributed by atoms with E-state index in [2.05, 4.69) is 152 Å². The third-order valence-corrected chi connectivity index (χ3v) is 12.8. The molecule has 0 amide bonds. The molecule has 0 atom stereocenters. The predicted molar refractivity (Wildman–Crippen MR) is 217 cm³/mol. The maximum Gasteiger partial charge on any atom is 0.262 e. The van der Waals surface area contributed by atoms with Gasteiger partial charge in [0, 0.05) is 38.8 Å². The number of nitrogens with zero attached hydrogens (tertiary/aromatic N) is 2. The van der Waals surface area contributed by atoms with E-state index in [9.17, 15) is 0 Å². The van der Waals surface area contributed by atoms with Gasteiger partial charge in [0.15, 0.2) is 6.54 Å². The third kappa shape index (κ3) is 7.56. The average molecular weight is 720 g/mol. The summed E-state index contributed by atoms with van der Waals surface area (Å²) >= 11 is 7.34. The Kier molecular flexibility index (Phi) is 10.3. The van der Waals surface area contributed by atoms with Gasteiger partial charge in [0.2, 0.25) is 5.52 Å². The summed E-state index contributed by atoms with van der Waals surface area (Å²) in [6.45, 7) is 9.38. The minimum atomic E-state index is 0.199. The number of thioether (sulfide) groups is 3. The maximum atomic E-state index is 6.41. The van der Waals surface area contributed by atoms with Crippen LogP contribution in [0, 0.1) is 5.41 Å². The Bertz CT molecular complexity index is 2130. The molecular weight excluding hydrogens is 677 g/mol. The first-order valence-electron chi connectivity index (χ1n) is 16.9. The normalized spacial score (nSPS) is 17.5. The Labute approximate surface area is 307 Å². The van der Waals surface area contributed by atoms with Crippen LogP contribution in [0.1, 0.15) is 38.6 Å². The number of hydrogen-bond donors (Lipinski definition) is 0. The lowest BCUT2D eigenvalue weighted by Gasteiger charge is -2.31. The highest BCUT2D eigenvalue weighted by atomic mass is 32.2. The number of benzene rings is 4. The van der Waals surface area contributed by atoms with Gasteiger partial charge in [0.1, 0.15) is 17.1 Å². The fourth-order valence-electron chi connectivity index (χ4n) is 6.89. The Morgan fingerprint density at radius 1 is 0.939 bits per heavy atom. The van der Waals surface area contributed by atoms with Gasteiger partial charge < -0.3 is 9.64 Å². The van der Waals surface area contributed by atoms with Gasteiger partial charge in [-0.2, -0.15) is 4.57 Å². The molecule has 7 rings (SSSR count). The van der Waals surface area contributed by atoms with E-state index < -0.39 is 0 Å². The van der Waals surface area contributed by atoms with E-state index in [4.69, 9.17) is 4.74 Å². The van der Waals surface area contributed by atoms with Crippen molar-refractivity contribution in [3.8, 4) is 5.75 Å². The molecule has 0 bridgehead atoms. The SMILES string of the molecule is CCN1/C(=C/C2=CC(=C/C=C/c3sc4ccc(SC)cc4[n+]3CCOc3cccc4ccccc34)/CC(C)(C)C2)Sc2ccc(SC)cc21. The Hall–Kier alpha value is -3.36. The third-order valence-electron chi connectivity index (χ3n) is 9.11. The first-order chi connectivity index (χ1) is 23.8. The molecule has 3 nitrogen and oxygen atoms in total. The fourth-order valence-corrected chi connectivity index (χ4v) is 10.0. The molecule has 0 N–H and O–H groups in total. The van der Waals surface area contributed by atoms with E-state index in [1.54, 1.807) is 11.8 Å². The molecule has 0 saturated heterocycles. The standard InChI is InChI=1S/C42H43N2OS4/c1-6-43-35-25-32(46-4)17-19-38(35)49-41(43)24-30-23-29(27-42(2,3)28-30)11-9-16-40-44(36-26-33(47-5)18-20-39(36)48-40)21-22-45-37-15-10-13-31-12-7-8-14-34(31)37/h7-20,23-26H,6,21-22,27-28H2,1-5H3/q+1. The van der Waals surface area contributed by atoms with Gasteiger partial charge in [-0.15, -0.1) is 23.5 Å². The monoisotopic (exact) mass is 719 g/mol. The quantitative estimate of drug-likeness (QED) is 0.105. The Morgan fingerprint density at radius 3 is 2.57 bits per heavy atom. The molecule has 1 aliphatic heterocycles. The Balaban J connectivity index is 1.15. The molecule has 7 heteroatoms. The predicted octanol–water partition coefficient (Wildman–Crippen LogP) is 12.0. The zero-order valence-corrected chi connectivity index (χ0v) is 32.1. The lowest BCUT2D eigenvalue weighted by Crippen LogP contribution is -2.38. The zero-order chi connectivity index (χ0) is 34.0. The number of anilines is 1. The van der Waals surface area contributed by atoms with Crippen LogP contribution in [0.25, 0.3) is 27.1 Å². The van der Waals surface area contributed by atoms with Crippen molar-refractivity contribution in [2.45, 2.75) is 54.8 Å². The number of fused-ring (bicyclic) bond motifs is 3. The number of ether oxygens (including phenoxy) is 1. The van der Waals surface area contributed by atoms with Crippen LogP contribution < -0.4 is 14.2 Å². The van der Waals surface area contributed by atoms with Crippen LogP contribution in [0.4, 0.5) is 5.69 Å². The first kappa shape index (κ1) is 34.1. The number of thiazole rings is 1. The highest BCUT2D eigenvalue weighted by Gasteiger charge is 2.28. The molecule has 0 spiro atoms. The van der Waals surface area contributed by atoms with Crippen molar-refractivity contribution in [2.75, 3.05) is 30.6 Å². The van der Waals surface area contributed by atoms with Crippen LogP contribution in [0.5, 0.6) is 5.75 Å². The largest absolute Gasteiger partial charge is 0.486 e. The molecule has 2 aliphatic rings. The second-order valence-corrected chi connectivity index (χ2v) is 17.1. The van der Waals surface area contributed by atoms with Crippen molar-refractivity contribution in [1.29, 1.82) is 0 Å². The molecule has 2 heterocycles. The average Bonchev–Trinajstić information content (AvgIpc) is 3.63. The summed E-state index contributed by atoms with van der Waals surface area (Å²) in [6, 6.07) is 28.4. The minimum Gasteiger partial charge on any atom is -0.486 e. The number of aromatic nitrogens is 1. The van der Waals surface area contributed by atoms with Gasteiger partial charge in [-0.1, -0.05) is 91.6 Å². The molecule has 1 aliphatic carbocycles. The van der Waals surface area contributed by atoms with Crippen LogP contribution in [0.3, 0.4) is 0 Å². The highest BCUT2D eigenvalue weighted by molar-refractivity contribution is 8.03. The second-order valence-electron chi connectivity index (χ2n) is 13.3. The number of rotatable bonds is 10. The van der Waals surface area contributed by atoms with Gasteiger partial charge in [0.25, 0.3) is 5.01 Å². The maximum absolute atomic E-state index is 6.41. The van der Waals surface area contributed by atoms with Gasteiger partial charge in [-0.05, 0) is 96.7 Å². The zero-order valence-electron chi connectivity index (χ0n) is 28.9.